The number of hydrogen-bond acceptors (Lipinski definition) is 5. The van der Waals surface area contributed by atoms with Crippen LogP contribution in [0.25, 0.3) is 11.0 Å². The van der Waals surface area contributed by atoms with Crippen molar-refractivity contribution in [2.45, 2.75) is 13.8 Å². The van der Waals surface area contributed by atoms with E-state index in [2.05, 4.69) is 10.5 Å². The van der Waals surface area contributed by atoms with E-state index in [4.69, 9.17) is 9.15 Å². The van der Waals surface area contributed by atoms with Gasteiger partial charge in [0, 0.05) is 23.1 Å². The lowest BCUT2D eigenvalue weighted by Gasteiger charge is -2.07. The largest absolute Gasteiger partial charge is 0.484 e. The van der Waals surface area contributed by atoms with Crippen LogP contribution in [0.3, 0.4) is 0 Å². The highest BCUT2D eigenvalue weighted by molar-refractivity contribution is 5.99. The monoisotopic (exact) mass is 386 g/mol. The van der Waals surface area contributed by atoms with Crippen LogP contribution in [0.15, 0.2) is 56.8 Å². The lowest BCUT2D eigenvalue weighted by atomic mass is 10.1. The number of carbonyl (C=O) groups is 1. The minimum absolute atomic E-state index is 0.301. The highest BCUT2D eigenvalue weighted by Crippen LogP contribution is 2.22. The molecule has 1 aromatic heterocycles. The predicted octanol–water partition coefficient (Wildman–Crippen LogP) is 3.30. The molecule has 0 radical (unpaired) electrons. The van der Waals surface area contributed by atoms with Crippen molar-refractivity contribution < 1.29 is 22.7 Å². The highest BCUT2D eigenvalue weighted by Gasteiger charge is 2.08. The molecule has 3 rings (SSSR count). The Hall–Kier alpha value is -3.55. The summed E-state index contributed by atoms with van der Waals surface area (Å²) in [5.74, 6) is -2.17. The van der Waals surface area contributed by atoms with E-state index in [1.165, 1.54) is 18.2 Å². The van der Waals surface area contributed by atoms with Gasteiger partial charge in [-0.25, -0.2) is 19.0 Å². The van der Waals surface area contributed by atoms with Gasteiger partial charge in [-0.1, -0.05) is 0 Å². The molecule has 0 unspecified atom stereocenters. The average Bonchev–Trinajstić information content (AvgIpc) is 2.66. The molecule has 8 heteroatoms. The molecule has 2 aromatic carbocycles. The van der Waals surface area contributed by atoms with Crippen LogP contribution >= 0.6 is 0 Å². The Morgan fingerprint density at radius 1 is 1.14 bits per heavy atom. The van der Waals surface area contributed by atoms with Crippen molar-refractivity contribution in [3.63, 3.8) is 0 Å². The minimum atomic E-state index is -1.00. The van der Waals surface area contributed by atoms with Gasteiger partial charge in [0.15, 0.2) is 18.2 Å². The van der Waals surface area contributed by atoms with Crippen LogP contribution in [0.5, 0.6) is 5.75 Å². The maximum absolute atomic E-state index is 13.2. The molecule has 28 heavy (non-hydrogen) atoms. The number of halogens is 2. The molecule has 0 aliphatic carbocycles. The Bertz CT molecular complexity index is 1140. The van der Waals surface area contributed by atoms with Crippen LogP contribution in [0, 0.1) is 18.6 Å². The second-order valence-corrected chi connectivity index (χ2v) is 6.06. The molecule has 3 aromatic rings. The standard InChI is InChI=1S/C20H16F2N2O4/c1-11-7-20(26)28-18-9-14(4-5-15(11)18)27-10-19(25)24-23-12(2)13-3-6-16(21)17(22)8-13/h3-9H,10H2,1-2H3,(H,24,25)/b23-12-. The van der Waals surface area contributed by atoms with E-state index in [1.54, 1.807) is 26.0 Å². The number of nitrogens with one attached hydrogen (secondary N) is 1. The van der Waals surface area contributed by atoms with Crippen LogP contribution < -0.4 is 15.8 Å². The van der Waals surface area contributed by atoms with Gasteiger partial charge >= 0.3 is 5.63 Å². The van der Waals surface area contributed by atoms with Gasteiger partial charge in [-0.2, -0.15) is 5.10 Å². The van der Waals surface area contributed by atoms with Gasteiger partial charge in [-0.3, -0.25) is 4.79 Å². The number of rotatable bonds is 5. The van der Waals surface area contributed by atoms with E-state index in [-0.39, 0.29) is 6.61 Å². The highest BCUT2D eigenvalue weighted by atomic mass is 19.2. The number of hydrazone groups is 1. The number of nitrogens with zero attached hydrogens (tertiary/aromatic N) is 1. The fourth-order valence-electron chi connectivity index (χ4n) is 2.51. The van der Waals surface area contributed by atoms with Crippen LogP contribution in [0.1, 0.15) is 18.1 Å². The maximum atomic E-state index is 13.2. The van der Waals surface area contributed by atoms with Gasteiger partial charge in [0.1, 0.15) is 11.3 Å². The van der Waals surface area contributed by atoms with Gasteiger partial charge in [0.05, 0.1) is 5.71 Å². The maximum Gasteiger partial charge on any atom is 0.336 e. The number of amides is 1. The van der Waals surface area contributed by atoms with Crippen LogP contribution in [0.4, 0.5) is 8.78 Å². The minimum Gasteiger partial charge on any atom is -0.484 e. The van der Waals surface area contributed by atoms with Crippen LogP contribution in [0.2, 0.25) is 0 Å². The second-order valence-electron chi connectivity index (χ2n) is 6.06. The van der Waals surface area contributed by atoms with Crippen molar-refractivity contribution in [2.75, 3.05) is 6.61 Å². The molecule has 0 spiro atoms. The van der Waals surface area contributed by atoms with Gasteiger partial charge in [-0.15, -0.1) is 0 Å². The molecule has 1 N–H and O–H groups in total. The zero-order valence-corrected chi connectivity index (χ0v) is 15.1. The first-order chi connectivity index (χ1) is 13.3. The van der Waals surface area contributed by atoms with Crippen molar-refractivity contribution >= 4 is 22.6 Å². The third kappa shape index (κ3) is 4.40. The third-order valence-corrected chi connectivity index (χ3v) is 3.98. The zero-order chi connectivity index (χ0) is 20.3. The van der Waals surface area contributed by atoms with E-state index in [0.29, 0.717) is 22.6 Å². The normalized spacial score (nSPS) is 11.5. The van der Waals surface area contributed by atoms with E-state index in [0.717, 1.165) is 23.1 Å². The fourth-order valence-corrected chi connectivity index (χ4v) is 2.51. The van der Waals surface area contributed by atoms with Crippen molar-refractivity contribution in [2.24, 2.45) is 5.10 Å². The Morgan fingerprint density at radius 2 is 1.93 bits per heavy atom. The molecular formula is C20H16F2N2O4. The second kappa shape index (κ2) is 7.99. The lowest BCUT2D eigenvalue weighted by molar-refractivity contribution is -0.123. The molecule has 0 bridgehead atoms. The van der Waals surface area contributed by atoms with E-state index in [9.17, 15) is 18.4 Å². The quantitative estimate of drug-likeness (QED) is 0.414. The molecule has 0 saturated carbocycles. The summed E-state index contributed by atoms with van der Waals surface area (Å²) in [7, 11) is 0. The Balaban J connectivity index is 1.63. The molecule has 1 heterocycles. The van der Waals surface area contributed by atoms with Crippen molar-refractivity contribution in [3.05, 3.63) is 75.6 Å². The Kier molecular flexibility index (Phi) is 5.49. The van der Waals surface area contributed by atoms with Gasteiger partial charge < -0.3 is 9.15 Å². The first-order valence-corrected chi connectivity index (χ1v) is 8.29. The Labute approximate surface area is 158 Å². The number of carbonyl (C=O) groups excluding carboxylic acids is 1. The summed E-state index contributed by atoms with van der Waals surface area (Å²) in [5.41, 5.74) is 3.57. The first-order valence-electron chi connectivity index (χ1n) is 8.29. The number of hydrogen-bond donors (Lipinski definition) is 1. The summed E-state index contributed by atoms with van der Waals surface area (Å²) in [6.07, 6.45) is 0. The fraction of sp³-hybridized carbons (Fsp3) is 0.150. The van der Waals surface area contributed by atoms with E-state index in [1.807, 2.05) is 0 Å². The molecule has 1 amide bonds. The molecular weight excluding hydrogens is 370 g/mol. The number of aryl methyl sites for hydroxylation is 1. The zero-order valence-electron chi connectivity index (χ0n) is 15.1. The van der Waals surface area contributed by atoms with E-state index >= 15 is 0 Å². The van der Waals surface area contributed by atoms with E-state index < -0.39 is 23.2 Å². The summed E-state index contributed by atoms with van der Waals surface area (Å²) in [6.45, 7) is 3.00. The number of ether oxygens (including phenoxy) is 1. The topological polar surface area (TPSA) is 80.9 Å². The third-order valence-electron chi connectivity index (χ3n) is 3.98. The predicted molar refractivity (Wildman–Crippen MR) is 99.4 cm³/mol. The van der Waals surface area contributed by atoms with Gasteiger partial charge in [0.2, 0.25) is 0 Å². The van der Waals surface area contributed by atoms with Crippen molar-refractivity contribution in [1.29, 1.82) is 0 Å². The summed E-state index contributed by atoms with van der Waals surface area (Å²) in [6, 6.07) is 9.61. The SMILES string of the molecule is C/C(=N/NC(=O)COc1ccc2c(C)cc(=O)oc2c1)c1ccc(F)c(F)c1. The van der Waals surface area contributed by atoms with Crippen molar-refractivity contribution in [3.8, 4) is 5.75 Å². The molecule has 6 nitrogen and oxygen atoms in total. The Morgan fingerprint density at radius 3 is 2.68 bits per heavy atom. The lowest BCUT2D eigenvalue weighted by Crippen LogP contribution is -2.25. The first kappa shape index (κ1) is 19.2. The average molecular weight is 386 g/mol. The molecule has 0 fully saturated rings. The van der Waals surface area contributed by atoms with Crippen LogP contribution in [-0.4, -0.2) is 18.2 Å². The number of fused-ring (bicyclic) bond motifs is 1. The molecule has 0 aliphatic rings. The molecule has 0 saturated heterocycles. The van der Waals surface area contributed by atoms with Crippen molar-refractivity contribution in [1.82, 2.24) is 5.43 Å². The molecule has 144 valence electrons. The van der Waals surface area contributed by atoms with Gasteiger partial charge in [0.25, 0.3) is 5.91 Å². The summed E-state index contributed by atoms with van der Waals surface area (Å²) in [4.78, 5) is 23.4. The molecule has 0 aliphatic heterocycles. The summed E-state index contributed by atoms with van der Waals surface area (Å²) < 4.78 is 36.7. The van der Waals surface area contributed by atoms with Crippen LogP contribution in [-0.2, 0) is 4.79 Å². The van der Waals surface area contributed by atoms with Gasteiger partial charge in [-0.05, 0) is 49.7 Å². The molecule has 0 atom stereocenters. The summed E-state index contributed by atoms with van der Waals surface area (Å²) in [5, 5.41) is 4.61. The number of benzene rings is 2. The summed E-state index contributed by atoms with van der Waals surface area (Å²) >= 11 is 0. The smallest absolute Gasteiger partial charge is 0.336 e.